The number of nitrogens with zero attached hydrogens (tertiary/aromatic N) is 1. The Morgan fingerprint density at radius 2 is 1.68 bits per heavy atom. The van der Waals surface area contributed by atoms with E-state index in [0.717, 1.165) is 0 Å². The van der Waals surface area contributed by atoms with Gasteiger partial charge in [0.2, 0.25) is 5.91 Å². The maximum atomic E-state index is 12.4. The second-order valence-electron chi connectivity index (χ2n) is 5.68. The van der Waals surface area contributed by atoms with Crippen molar-refractivity contribution in [3.8, 4) is 0 Å². The average molecular weight is 305 g/mol. The predicted molar refractivity (Wildman–Crippen MR) is 91.1 cm³/mol. The molecule has 0 aliphatic rings. The van der Waals surface area contributed by atoms with Gasteiger partial charge in [0, 0.05) is 30.4 Å². The van der Waals surface area contributed by atoms with Crippen LogP contribution in [0.15, 0.2) is 24.3 Å². The van der Waals surface area contributed by atoms with Gasteiger partial charge in [-0.25, -0.2) is 4.79 Å². The summed E-state index contributed by atoms with van der Waals surface area (Å²) < 4.78 is 0. The van der Waals surface area contributed by atoms with E-state index >= 15 is 0 Å². The lowest BCUT2D eigenvalue weighted by atomic mass is 10.1. The van der Waals surface area contributed by atoms with Gasteiger partial charge in [0.1, 0.15) is 0 Å². The number of urea groups is 1. The average Bonchev–Trinajstić information content (AvgIpc) is 2.47. The summed E-state index contributed by atoms with van der Waals surface area (Å²) in [7, 11) is 0. The van der Waals surface area contributed by atoms with Crippen LogP contribution in [0, 0.1) is 5.92 Å². The lowest BCUT2D eigenvalue weighted by Gasteiger charge is -2.30. The highest BCUT2D eigenvalue weighted by Gasteiger charge is 2.21. The van der Waals surface area contributed by atoms with Gasteiger partial charge in [0.25, 0.3) is 0 Å². The molecule has 1 atom stereocenters. The summed E-state index contributed by atoms with van der Waals surface area (Å²) in [6.07, 6.45) is 0.423. The van der Waals surface area contributed by atoms with Gasteiger partial charge in [-0.3, -0.25) is 4.79 Å². The molecule has 22 heavy (non-hydrogen) atoms. The van der Waals surface area contributed by atoms with Crippen molar-refractivity contribution in [2.45, 2.75) is 47.1 Å². The Kier molecular flexibility index (Phi) is 6.89. The lowest BCUT2D eigenvalue weighted by Crippen LogP contribution is -2.43. The highest BCUT2D eigenvalue weighted by atomic mass is 16.2. The molecule has 0 heterocycles. The minimum absolute atomic E-state index is 0.0490. The Morgan fingerprint density at radius 1 is 1.09 bits per heavy atom. The summed E-state index contributed by atoms with van der Waals surface area (Å²) in [6.45, 7) is 10.7. The van der Waals surface area contributed by atoms with E-state index in [0.29, 0.717) is 30.3 Å². The summed E-state index contributed by atoms with van der Waals surface area (Å²) in [6, 6.07) is 7.23. The molecule has 1 aromatic carbocycles. The predicted octanol–water partition coefficient (Wildman–Crippen LogP) is 3.93. The van der Waals surface area contributed by atoms with E-state index in [-0.39, 0.29) is 18.0 Å². The second-order valence-corrected chi connectivity index (χ2v) is 5.68. The molecular weight excluding hydrogens is 278 g/mol. The molecule has 0 spiro atoms. The first-order valence-electron chi connectivity index (χ1n) is 7.86. The first kappa shape index (κ1) is 18.0. The van der Waals surface area contributed by atoms with Crippen LogP contribution in [0.3, 0.4) is 0 Å². The number of anilines is 2. The summed E-state index contributed by atoms with van der Waals surface area (Å²) in [5.41, 5.74) is 1.36. The van der Waals surface area contributed by atoms with Crippen molar-refractivity contribution < 1.29 is 9.59 Å². The number of rotatable bonds is 6. The molecule has 0 aromatic heterocycles. The number of amides is 3. The molecule has 1 aromatic rings. The Labute approximate surface area is 133 Å². The van der Waals surface area contributed by atoms with Gasteiger partial charge in [-0.2, -0.15) is 0 Å². The maximum absolute atomic E-state index is 12.4. The normalized spacial score (nSPS) is 11.9. The van der Waals surface area contributed by atoms with Crippen LogP contribution < -0.4 is 10.6 Å². The van der Waals surface area contributed by atoms with Crippen LogP contribution in [0.25, 0.3) is 0 Å². The van der Waals surface area contributed by atoms with Crippen LogP contribution in [0.4, 0.5) is 16.2 Å². The summed E-state index contributed by atoms with van der Waals surface area (Å²) in [5, 5.41) is 5.68. The van der Waals surface area contributed by atoms with Crippen molar-refractivity contribution in [2.75, 3.05) is 17.2 Å². The lowest BCUT2D eigenvalue weighted by molar-refractivity contribution is -0.115. The van der Waals surface area contributed by atoms with Crippen molar-refractivity contribution in [3.05, 3.63) is 24.3 Å². The fraction of sp³-hybridized carbons (Fsp3) is 0.529. The molecule has 3 amide bonds. The quantitative estimate of drug-likeness (QED) is 0.836. The molecule has 2 N–H and O–H groups in total. The molecular formula is C17H27N3O2. The number of hydrogen-bond acceptors (Lipinski definition) is 2. The third kappa shape index (κ3) is 5.06. The number of benzene rings is 1. The van der Waals surface area contributed by atoms with Crippen LogP contribution in [-0.2, 0) is 4.79 Å². The number of carbonyl (C=O) groups is 2. The Bertz CT molecular complexity index is 514. The largest absolute Gasteiger partial charge is 0.326 e. The fourth-order valence-corrected chi connectivity index (χ4v) is 2.10. The van der Waals surface area contributed by atoms with Crippen LogP contribution in [0.5, 0.6) is 0 Å². The van der Waals surface area contributed by atoms with E-state index < -0.39 is 0 Å². The molecule has 0 radical (unpaired) electrons. The van der Waals surface area contributed by atoms with Gasteiger partial charge in [-0.1, -0.05) is 26.8 Å². The van der Waals surface area contributed by atoms with Crippen LogP contribution >= 0.6 is 0 Å². The van der Waals surface area contributed by atoms with E-state index in [1.807, 2.05) is 30.9 Å². The number of hydrogen-bond donors (Lipinski definition) is 2. The van der Waals surface area contributed by atoms with Crippen molar-refractivity contribution in [1.29, 1.82) is 0 Å². The SMILES string of the molecule is CCC(=O)Nc1cccc(NC(=O)N(CC)[C@@H](C)C(C)C)c1. The minimum atomic E-state index is -0.123. The zero-order valence-electron chi connectivity index (χ0n) is 14.1. The van der Waals surface area contributed by atoms with Crippen molar-refractivity contribution >= 4 is 23.3 Å². The smallest absolute Gasteiger partial charge is 0.322 e. The molecule has 0 aliphatic carbocycles. The van der Waals surface area contributed by atoms with Crippen molar-refractivity contribution in [3.63, 3.8) is 0 Å². The van der Waals surface area contributed by atoms with Crippen LogP contribution in [-0.4, -0.2) is 29.4 Å². The molecule has 122 valence electrons. The Morgan fingerprint density at radius 3 is 2.18 bits per heavy atom. The van der Waals surface area contributed by atoms with Crippen LogP contribution in [0.1, 0.15) is 41.0 Å². The first-order chi connectivity index (χ1) is 10.4. The standard InChI is InChI=1S/C17H27N3O2/c1-6-16(21)18-14-9-8-10-15(11-14)19-17(22)20(7-2)13(5)12(3)4/h8-13H,6-7H2,1-5H3,(H,18,21)(H,19,22)/t13-/m0/s1. The van der Waals surface area contributed by atoms with E-state index in [1.54, 1.807) is 19.1 Å². The van der Waals surface area contributed by atoms with E-state index in [9.17, 15) is 9.59 Å². The number of carbonyl (C=O) groups excluding carboxylic acids is 2. The topological polar surface area (TPSA) is 61.4 Å². The Balaban J connectivity index is 2.79. The summed E-state index contributed by atoms with van der Waals surface area (Å²) in [4.78, 5) is 25.6. The molecule has 5 nitrogen and oxygen atoms in total. The zero-order chi connectivity index (χ0) is 16.7. The minimum Gasteiger partial charge on any atom is -0.326 e. The van der Waals surface area contributed by atoms with Crippen molar-refractivity contribution in [2.24, 2.45) is 5.92 Å². The van der Waals surface area contributed by atoms with Gasteiger partial charge in [0.15, 0.2) is 0 Å². The summed E-state index contributed by atoms with van der Waals surface area (Å²) in [5.74, 6) is 0.341. The maximum Gasteiger partial charge on any atom is 0.322 e. The van der Waals surface area contributed by atoms with Gasteiger partial charge in [-0.15, -0.1) is 0 Å². The van der Waals surface area contributed by atoms with Gasteiger partial charge in [-0.05, 0) is 38.0 Å². The van der Waals surface area contributed by atoms with Gasteiger partial charge < -0.3 is 15.5 Å². The van der Waals surface area contributed by atoms with E-state index in [4.69, 9.17) is 0 Å². The highest BCUT2D eigenvalue weighted by molar-refractivity contribution is 5.93. The molecule has 0 unspecified atom stereocenters. The molecule has 0 saturated heterocycles. The molecule has 5 heteroatoms. The molecule has 0 saturated carbocycles. The van der Waals surface area contributed by atoms with Gasteiger partial charge >= 0.3 is 6.03 Å². The molecule has 0 aliphatic heterocycles. The molecule has 1 rings (SSSR count). The third-order valence-corrected chi connectivity index (χ3v) is 3.78. The summed E-state index contributed by atoms with van der Waals surface area (Å²) >= 11 is 0. The zero-order valence-corrected chi connectivity index (χ0v) is 14.1. The Hall–Kier alpha value is -2.04. The first-order valence-corrected chi connectivity index (χ1v) is 7.86. The highest BCUT2D eigenvalue weighted by Crippen LogP contribution is 2.17. The van der Waals surface area contributed by atoms with Crippen molar-refractivity contribution in [1.82, 2.24) is 4.90 Å². The third-order valence-electron chi connectivity index (χ3n) is 3.78. The van der Waals surface area contributed by atoms with E-state index in [1.165, 1.54) is 0 Å². The van der Waals surface area contributed by atoms with Gasteiger partial charge in [0.05, 0.1) is 0 Å². The van der Waals surface area contributed by atoms with Crippen LogP contribution in [0.2, 0.25) is 0 Å². The second kappa shape index (κ2) is 8.41. The monoisotopic (exact) mass is 305 g/mol. The molecule has 0 bridgehead atoms. The van der Waals surface area contributed by atoms with E-state index in [2.05, 4.69) is 24.5 Å². The fourth-order valence-electron chi connectivity index (χ4n) is 2.10. The number of nitrogens with one attached hydrogen (secondary N) is 2. The molecule has 0 fully saturated rings.